The van der Waals surface area contributed by atoms with Crippen molar-refractivity contribution in [2.45, 2.75) is 0 Å². The second-order valence-corrected chi connectivity index (χ2v) is 5.45. The van der Waals surface area contributed by atoms with Crippen LogP contribution in [0.3, 0.4) is 0 Å². The molecule has 4 rings (SSSR count). The van der Waals surface area contributed by atoms with E-state index in [0.29, 0.717) is 27.7 Å². The number of fused-ring (bicyclic) bond motifs is 1. The maximum atomic E-state index is 6.03. The predicted octanol–water partition coefficient (Wildman–Crippen LogP) is 3.83. The van der Waals surface area contributed by atoms with Crippen LogP contribution in [0.15, 0.2) is 53.9 Å². The first kappa shape index (κ1) is 14.4. The third-order valence-corrected chi connectivity index (χ3v) is 3.61. The SMILES string of the molecule is Clc1cccc(Nc2ncnc3[nH]nc(/N=C/c4ccc[nH]4)c23)c1. The topological polar surface area (TPSA) is 94.6 Å². The minimum Gasteiger partial charge on any atom is -0.360 e. The fourth-order valence-corrected chi connectivity index (χ4v) is 2.48. The lowest BCUT2D eigenvalue weighted by Gasteiger charge is -2.06. The fraction of sp³-hybridized carbons (Fsp3) is 0. The molecule has 3 aromatic heterocycles. The molecule has 4 aromatic rings. The Morgan fingerprint density at radius 1 is 1.17 bits per heavy atom. The average molecular weight is 338 g/mol. The number of aromatic nitrogens is 5. The summed E-state index contributed by atoms with van der Waals surface area (Å²) < 4.78 is 0. The van der Waals surface area contributed by atoms with Crippen LogP contribution in [0, 0.1) is 0 Å². The highest BCUT2D eigenvalue weighted by molar-refractivity contribution is 6.30. The number of nitrogens with zero attached hydrogens (tertiary/aromatic N) is 4. The van der Waals surface area contributed by atoms with E-state index in [1.54, 1.807) is 6.21 Å². The molecule has 0 unspecified atom stereocenters. The summed E-state index contributed by atoms with van der Waals surface area (Å²) >= 11 is 6.03. The monoisotopic (exact) mass is 337 g/mol. The molecule has 0 aliphatic carbocycles. The lowest BCUT2D eigenvalue weighted by atomic mass is 10.3. The van der Waals surface area contributed by atoms with E-state index in [-0.39, 0.29) is 0 Å². The fourth-order valence-electron chi connectivity index (χ4n) is 2.29. The first-order valence-corrected chi connectivity index (χ1v) is 7.56. The first-order valence-electron chi connectivity index (χ1n) is 7.19. The number of hydrogen-bond donors (Lipinski definition) is 3. The summed E-state index contributed by atoms with van der Waals surface area (Å²) in [4.78, 5) is 16.0. The maximum absolute atomic E-state index is 6.03. The number of aromatic amines is 2. The standard InChI is InChI=1S/C16H12ClN7/c17-10-3-1-4-11(7-10)22-14-13-15(19-8-12-5-2-6-18-12)23-24-16(13)21-9-20-14/h1-9,18H,(H2,20,21,22,23,24)/b19-8+. The van der Waals surface area contributed by atoms with Crippen LogP contribution in [-0.4, -0.2) is 31.4 Å². The van der Waals surface area contributed by atoms with Gasteiger partial charge in [-0.05, 0) is 30.3 Å². The molecule has 0 spiro atoms. The van der Waals surface area contributed by atoms with Gasteiger partial charge in [-0.2, -0.15) is 5.10 Å². The van der Waals surface area contributed by atoms with E-state index in [9.17, 15) is 0 Å². The second-order valence-electron chi connectivity index (χ2n) is 5.01. The van der Waals surface area contributed by atoms with Crippen molar-refractivity contribution in [1.29, 1.82) is 0 Å². The summed E-state index contributed by atoms with van der Waals surface area (Å²) in [5.74, 6) is 1.11. The van der Waals surface area contributed by atoms with Crippen molar-refractivity contribution in [1.82, 2.24) is 25.1 Å². The van der Waals surface area contributed by atoms with Gasteiger partial charge in [0.05, 0.1) is 11.9 Å². The van der Waals surface area contributed by atoms with Crippen LogP contribution in [0.1, 0.15) is 5.69 Å². The lowest BCUT2D eigenvalue weighted by Crippen LogP contribution is -1.95. The third-order valence-electron chi connectivity index (χ3n) is 3.37. The van der Waals surface area contributed by atoms with E-state index in [1.807, 2.05) is 42.6 Å². The van der Waals surface area contributed by atoms with Gasteiger partial charge in [-0.25, -0.2) is 15.0 Å². The first-order chi connectivity index (χ1) is 11.8. The molecule has 0 amide bonds. The summed E-state index contributed by atoms with van der Waals surface area (Å²) in [6.07, 6.45) is 5.00. The molecule has 0 bridgehead atoms. The quantitative estimate of drug-likeness (QED) is 0.493. The van der Waals surface area contributed by atoms with E-state index in [4.69, 9.17) is 11.6 Å². The Hall–Kier alpha value is -3.19. The molecule has 3 N–H and O–H groups in total. The number of halogens is 1. The van der Waals surface area contributed by atoms with E-state index in [1.165, 1.54) is 6.33 Å². The van der Waals surface area contributed by atoms with Crippen LogP contribution in [0.4, 0.5) is 17.3 Å². The van der Waals surface area contributed by atoms with Gasteiger partial charge in [-0.3, -0.25) is 5.10 Å². The van der Waals surface area contributed by atoms with Crippen LogP contribution >= 0.6 is 11.6 Å². The van der Waals surface area contributed by atoms with Crippen molar-refractivity contribution in [2.24, 2.45) is 4.99 Å². The van der Waals surface area contributed by atoms with Gasteiger partial charge in [0.15, 0.2) is 11.5 Å². The number of nitrogens with one attached hydrogen (secondary N) is 3. The van der Waals surface area contributed by atoms with Crippen LogP contribution in [0.25, 0.3) is 11.0 Å². The third kappa shape index (κ3) is 2.84. The molecule has 0 fully saturated rings. The van der Waals surface area contributed by atoms with Gasteiger partial charge < -0.3 is 10.3 Å². The van der Waals surface area contributed by atoms with Crippen molar-refractivity contribution in [3.8, 4) is 0 Å². The molecule has 24 heavy (non-hydrogen) atoms. The summed E-state index contributed by atoms with van der Waals surface area (Å²) in [5.41, 5.74) is 2.31. The molecule has 8 heteroatoms. The largest absolute Gasteiger partial charge is 0.360 e. The predicted molar refractivity (Wildman–Crippen MR) is 94.5 cm³/mol. The second kappa shape index (κ2) is 6.13. The van der Waals surface area contributed by atoms with Gasteiger partial charge in [0.2, 0.25) is 0 Å². The Bertz CT molecular complexity index is 1000. The van der Waals surface area contributed by atoms with Gasteiger partial charge in [0.25, 0.3) is 0 Å². The Kier molecular flexibility index (Phi) is 3.68. The van der Waals surface area contributed by atoms with Crippen molar-refractivity contribution in [2.75, 3.05) is 5.32 Å². The van der Waals surface area contributed by atoms with Crippen LogP contribution in [0.2, 0.25) is 5.02 Å². The molecule has 0 aliphatic heterocycles. The Labute approximate surface area is 141 Å². The van der Waals surface area contributed by atoms with Gasteiger partial charge in [-0.15, -0.1) is 0 Å². The molecule has 0 saturated carbocycles. The van der Waals surface area contributed by atoms with E-state index in [0.717, 1.165) is 11.4 Å². The van der Waals surface area contributed by atoms with Crippen molar-refractivity contribution >= 4 is 46.2 Å². The van der Waals surface area contributed by atoms with E-state index >= 15 is 0 Å². The Morgan fingerprint density at radius 2 is 2.12 bits per heavy atom. The molecule has 3 heterocycles. The number of benzene rings is 1. The van der Waals surface area contributed by atoms with Gasteiger partial charge in [0, 0.05) is 16.9 Å². The summed E-state index contributed by atoms with van der Waals surface area (Å²) in [7, 11) is 0. The molecule has 0 aliphatic rings. The zero-order valence-corrected chi connectivity index (χ0v) is 13.1. The minimum atomic E-state index is 0.504. The molecule has 118 valence electrons. The molecular formula is C16H12ClN7. The van der Waals surface area contributed by atoms with Crippen molar-refractivity contribution in [3.63, 3.8) is 0 Å². The number of aliphatic imine (C=N–C) groups is 1. The Balaban J connectivity index is 1.74. The molecular weight excluding hydrogens is 326 g/mol. The van der Waals surface area contributed by atoms with Crippen molar-refractivity contribution in [3.05, 3.63) is 59.6 Å². The summed E-state index contributed by atoms with van der Waals surface area (Å²) in [6, 6.07) is 11.2. The lowest BCUT2D eigenvalue weighted by molar-refractivity contribution is 1.08. The van der Waals surface area contributed by atoms with E-state index < -0.39 is 0 Å². The van der Waals surface area contributed by atoms with Crippen LogP contribution in [-0.2, 0) is 0 Å². The molecule has 0 radical (unpaired) electrons. The number of H-pyrrole nitrogens is 2. The number of hydrogen-bond acceptors (Lipinski definition) is 5. The molecule has 7 nitrogen and oxygen atoms in total. The molecule has 1 aromatic carbocycles. The highest BCUT2D eigenvalue weighted by Crippen LogP contribution is 2.30. The zero-order chi connectivity index (χ0) is 16.4. The molecule has 0 saturated heterocycles. The molecule has 0 atom stereocenters. The smallest absolute Gasteiger partial charge is 0.187 e. The summed E-state index contributed by atoms with van der Waals surface area (Å²) in [5, 5.41) is 11.7. The van der Waals surface area contributed by atoms with Gasteiger partial charge >= 0.3 is 0 Å². The highest BCUT2D eigenvalue weighted by atomic mass is 35.5. The van der Waals surface area contributed by atoms with Gasteiger partial charge in [-0.1, -0.05) is 17.7 Å². The highest BCUT2D eigenvalue weighted by Gasteiger charge is 2.12. The average Bonchev–Trinajstić information content (AvgIpc) is 3.23. The number of anilines is 2. The zero-order valence-electron chi connectivity index (χ0n) is 12.4. The maximum Gasteiger partial charge on any atom is 0.187 e. The summed E-state index contributed by atoms with van der Waals surface area (Å²) in [6.45, 7) is 0. The van der Waals surface area contributed by atoms with E-state index in [2.05, 4.69) is 35.5 Å². The van der Waals surface area contributed by atoms with Crippen LogP contribution in [0.5, 0.6) is 0 Å². The normalized spacial score (nSPS) is 11.4. The van der Waals surface area contributed by atoms with Gasteiger partial charge in [0.1, 0.15) is 17.5 Å². The van der Waals surface area contributed by atoms with Crippen molar-refractivity contribution < 1.29 is 0 Å². The Morgan fingerprint density at radius 3 is 2.96 bits per heavy atom. The number of rotatable bonds is 4. The minimum absolute atomic E-state index is 0.504. The van der Waals surface area contributed by atoms with Crippen LogP contribution < -0.4 is 5.32 Å².